The van der Waals surface area contributed by atoms with E-state index in [0.29, 0.717) is 48.5 Å². The molecule has 1 saturated heterocycles. The fraction of sp³-hybridized carbons (Fsp3) is 0.379. The number of benzene rings is 3. The van der Waals surface area contributed by atoms with E-state index in [2.05, 4.69) is 74.5 Å². The summed E-state index contributed by atoms with van der Waals surface area (Å²) in [5, 5.41) is 31.0. The van der Waals surface area contributed by atoms with E-state index in [1.165, 1.54) is 25.1 Å². The minimum absolute atomic E-state index is 0. The van der Waals surface area contributed by atoms with Crippen LogP contribution in [0.25, 0.3) is 43.9 Å². The minimum atomic E-state index is -4.64. The van der Waals surface area contributed by atoms with Crippen LogP contribution in [0.3, 0.4) is 0 Å². The minimum Gasteiger partial charge on any atom is -0.497 e. The van der Waals surface area contributed by atoms with Gasteiger partial charge in [0, 0.05) is 49.0 Å². The van der Waals surface area contributed by atoms with Gasteiger partial charge in [-0.15, -0.1) is 0 Å². The number of nitrogens with one attached hydrogen (secondary N) is 2. The van der Waals surface area contributed by atoms with Crippen molar-refractivity contribution in [3.8, 4) is 5.75 Å². The molecule has 21 nitrogen and oxygen atoms in total. The molecule has 3 aliphatic rings. The average Bonchev–Trinajstić information content (AvgIpc) is 2.75. The number of ether oxygens (including phenoxy) is 3. The number of hydrogen-bond donors (Lipinski definition) is 6. The quantitative estimate of drug-likeness (QED) is 0.0590. The lowest BCUT2D eigenvalue weighted by atomic mass is 9.95. The second kappa shape index (κ2) is 24.3. The smallest absolute Gasteiger partial charge is 0.446 e. The number of carbonyl (C=O) groups is 2. The number of hydrogen-bond acceptors (Lipinski definition) is 18. The van der Waals surface area contributed by atoms with Crippen molar-refractivity contribution < 1.29 is 47.2 Å². The van der Waals surface area contributed by atoms with Crippen LogP contribution in [-0.2, 0) is 38.4 Å². The van der Waals surface area contributed by atoms with Crippen LogP contribution in [0.2, 0.25) is 0 Å². The van der Waals surface area contributed by atoms with Gasteiger partial charge in [-0.2, -0.15) is 13.2 Å². The number of halogens is 3. The van der Waals surface area contributed by atoms with Crippen molar-refractivity contribution in [3.05, 3.63) is 127 Å². The number of nitrogen functional groups attached to an aromatic ring is 2. The first-order valence-corrected chi connectivity index (χ1v) is 26.4. The molecule has 82 heavy (non-hydrogen) atoms. The number of aldehydes is 1. The number of rotatable bonds is 13. The van der Waals surface area contributed by atoms with Crippen LogP contribution >= 0.6 is 0 Å². The van der Waals surface area contributed by atoms with E-state index in [0.717, 1.165) is 80.8 Å². The fourth-order valence-corrected chi connectivity index (χ4v) is 11.2. The molecule has 8 atom stereocenters. The first kappa shape index (κ1) is 58.2. The summed E-state index contributed by atoms with van der Waals surface area (Å²) in [6, 6.07) is 24.0. The van der Waals surface area contributed by atoms with Gasteiger partial charge < -0.3 is 50.3 Å². The molecule has 9 aromatic rings. The zero-order chi connectivity index (χ0) is 57.2. The summed E-state index contributed by atoms with van der Waals surface area (Å²) < 4.78 is 53.5. The molecule has 3 aromatic carbocycles. The van der Waals surface area contributed by atoms with E-state index in [1.54, 1.807) is 13.3 Å². The van der Waals surface area contributed by atoms with Crippen molar-refractivity contribution in [2.24, 2.45) is 11.8 Å². The van der Waals surface area contributed by atoms with Crippen molar-refractivity contribution in [1.29, 1.82) is 0 Å². The Balaban J connectivity index is 0.000000182. The number of nitrogens with two attached hydrogens (primary N) is 2. The van der Waals surface area contributed by atoms with E-state index >= 15 is 0 Å². The number of alkyl halides is 3. The van der Waals surface area contributed by atoms with Gasteiger partial charge in [-0.3, -0.25) is 14.9 Å². The first-order valence-electron chi connectivity index (χ1n) is 26.4. The third kappa shape index (κ3) is 13.0. The molecule has 12 rings (SSSR count). The van der Waals surface area contributed by atoms with Crippen molar-refractivity contribution in [1.82, 2.24) is 49.0 Å². The standard InChI is InChI=1S/C32H35N7O3.C23H25N7O3.C2HF3O.CH4/c1-32(2)41-27-21(15-26(28(27)42-32)39-13-12-24-29(33)36-18-37-30(24)39)8-4-19-5-9-22-17-35-31(38-25(22)14-19)34-16-20-6-10-23(40-3)11-7-20;1-12(31)28-23-25-10-15-5-3-13(8-17(15)29-23)2-4-14-9-18(20(33)19(14)32)30-7-6-16-21(24)26-11-27-22(16)30;3-2(4,5)1-6;/h5-7,9-14,17-18,21,26-28H,4,8,15-16H2,1-3H3,(H2,33,36,37)(H,34,35,38);3,5-8,10-11,14,18-20,32-33H,2,4,9H2,1H3,(H2,24,26,27)(H,25,28,29,31);1H;1H4/t21-,26+,27+,28-;14-,18+,19+,20-;;/m00../s1. The van der Waals surface area contributed by atoms with Crippen LogP contribution in [0.5, 0.6) is 5.75 Å². The van der Waals surface area contributed by atoms with Gasteiger partial charge >= 0.3 is 6.18 Å². The van der Waals surface area contributed by atoms with E-state index in [1.807, 2.05) is 85.4 Å². The van der Waals surface area contributed by atoms with Gasteiger partial charge in [-0.25, -0.2) is 39.9 Å². The second-order valence-electron chi connectivity index (χ2n) is 20.9. The lowest BCUT2D eigenvalue weighted by Crippen LogP contribution is -2.29. The van der Waals surface area contributed by atoms with Gasteiger partial charge in [-0.05, 0) is 117 Å². The Hall–Kier alpha value is -8.45. The number of amides is 1. The van der Waals surface area contributed by atoms with Gasteiger partial charge in [0.15, 0.2) is 5.79 Å². The monoisotopic (exact) mass is 1130 g/mol. The predicted octanol–water partition coefficient (Wildman–Crippen LogP) is 8.51. The molecule has 2 saturated carbocycles. The van der Waals surface area contributed by atoms with Crippen LogP contribution in [0.1, 0.15) is 82.7 Å². The van der Waals surface area contributed by atoms with E-state index < -0.39 is 30.5 Å². The van der Waals surface area contributed by atoms with Crippen molar-refractivity contribution in [2.75, 3.05) is 29.2 Å². The summed E-state index contributed by atoms with van der Waals surface area (Å²) in [4.78, 5) is 54.9. The number of aromatic nitrogens is 10. The topological polar surface area (TPSA) is 291 Å². The molecule has 0 unspecified atom stereocenters. The molecular weight excluding hydrogens is 1060 g/mol. The highest BCUT2D eigenvalue weighted by molar-refractivity contribution is 5.89. The summed E-state index contributed by atoms with van der Waals surface area (Å²) in [5.74, 6) is 2.02. The van der Waals surface area contributed by atoms with Crippen LogP contribution in [0, 0.1) is 11.8 Å². The van der Waals surface area contributed by atoms with Crippen LogP contribution in [0.4, 0.5) is 36.7 Å². The van der Waals surface area contributed by atoms with E-state index in [-0.39, 0.29) is 49.5 Å². The largest absolute Gasteiger partial charge is 0.497 e. The van der Waals surface area contributed by atoms with Gasteiger partial charge in [-0.1, -0.05) is 43.8 Å². The third-order valence-electron chi connectivity index (χ3n) is 15.1. The number of aliphatic hydroxyl groups excluding tert-OH is 2. The summed E-state index contributed by atoms with van der Waals surface area (Å²) >= 11 is 0. The Kier molecular flexibility index (Phi) is 17.3. The number of fused-ring (bicyclic) bond motifs is 5. The maximum Gasteiger partial charge on any atom is 0.446 e. The van der Waals surface area contributed by atoms with Gasteiger partial charge in [0.2, 0.25) is 24.1 Å². The highest BCUT2D eigenvalue weighted by Gasteiger charge is 2.54. The number of methoxy groups -OCH3 is 1. The molecule has 0 radical (unpaired) electrons. The van der Waals surface area contributed by atoms with Crippen molar-refractivity contribution >= 4 is 79.6 Å². The molecule has 3 fully saturated rings. The molecule has 1 aliphatic heterocycles. The Labute approximate surface area is 469 Å². The lowest BCUT2D eigenvalue weighted by molar-refractivity contribution is -0.160. The normalized spacial score (nSPS) is 21.7. The highest BCUT2D eigenvalue weighted by atomic mass is 19.4. The number of anilines is 4. The van der Waals surface area contributed by atoms with Crippen molar-refractivity contribution in [3.63, 3.8) is 0 Å². The highest BCUT2D eigenvalue weighted by Crippen LogP contribution is 2.49. The Morgan fingerprint density at radius 1 is 0.732 bits per heavy atom. The molecule has 8 N–H and O–H groups in total. The Morgan fingerprint density at radius 2 is 1.24 bits per heavy atom. The number of aliphatic hydroxyl groups is 2. The first-order chi connectivity index (χ1) is 38.8. The molecule has 7 heterocycles. The maximum atomic E-state index is 11.3. The van der Waals surface area contributed by atoms with Crippen molar-refractivity contribution in [2.45, 2.75) is 122 Å². The molecular formula is C58H65F3N14O7. The van der Waals surface area contributed by atoms with Gasteiger partial charge in [0.1, 0.15) is 53.5 Å². The average molecular weight is 1130 g/mol. The Morgan fingerprint density at radius 3 is 1.80 bits per heavy atom. The van der Waals surface area contributed by atoms with Crippen LogP contribution in [-0.4, -0.2) is 115 Å². The lowest BCUT2D eigenvalue weighted by Gasteiger charge is -2.24. The predicted molar refractivity (Wildman–Crippen MR) is 303 cm³/mol. The summed E-state index contributed by atoms with van der Waals surface area (Å²) in [7, 11) is 1.67. The zero-order valence-electron chi connectivity index (χ0n) is 44.7. The maximum absolute atomic E-state index is 11.3. The molecule has 430 valence electrons. The number of aryl methyl sites for hydroxylation is 2. The molecule has 0 bridgehead atoms. The Bertz CT molecular complexity index is 3710. The summed E-state index contributed by atoms with van der Waals surface area (Å²) in [6.07, 6.45) is 7.79. The molecule has 24 heteroatoms. The van der Waals surface area contributed by atoms with Gasteiger partial charge in [0.05, 0.1) is 53.2 Å². The van der Waals surface area contributed by atoms with Crippen LogP contribution in [0.15, 0.2) is 110 Å². The van der Waals surface area contributed by atoms with E-state index in [9.17, 15) is 28.2 Å². The van der Waals surface area contributed by atoms with E-state index in [4.69, 9.17) is 35.5 Å². The zero-order valence-corrected chi connectivity index (χ0v) is 44.7. The van der Waals surface area contributed by atoms with Gasteiger partial charge in [0.25, 0.3) is 0 Å². The molecule has 6 aromatic heterocycles. The number of carbonyl (C=O) groups excluding carboxylic acids is 2. The second-order valence-corrected chi connectivity index (χ2v) is 20.9. The molecule has 1 amide bonds. The van der Waals surface area contributed by atoms with Crippen LogP contribution < -0.4 is 26.8 Å². The number of nitrogens with zero attached hydrogens (tertiary/aromatic N) is 10. The fourth-order valence-electron chi connectivity index (χ4n) is 11.2. The summed E-state index contributed by atoms with van der Waals surface area (Å²) in [5.41, 5.74) is 18.7. The summed E-state index contributed by atoms with van der Waals surface area (Å²) in [6.45, 7) is 6.04. The molecule has 0 spiro atoms. The molecule has 2 aliphatic carbocycles. The third-order valence-corrected chi connectivity index (χ3v) is 15.1. The SMILES string of the molecule is C.CC(=O)Nc1ncc2ccc(CC[C@H]3C[C@@H](n4ccc5c(N)ncnc54)[C@H](O)[C@@H]3O)cc2n1.COc1ccc(CNc2ncc3ccc(CC[C@H]4C[C@@H](n5ccc6c(N)ncnc65)[C@@H]5OC(C)(C)O[C@H]45)cc3n2)cc1.O=CC(F)(F)F.